The van der Waals surface area contributed by atoms with Gasteiger partial charge < -0.3 is 4.18 Å². The first-order valence-electron chi connectivity index (χ1n) is 10.2. The van der Waals surface area contributed by atoms with Crippen molar-refractivity contribution >= 4 is 26.8 Å². The molecule has 0 fully saturated rings. The summed E-state index contributed by atoms with van der Waals surface area (Å²) in [6.45, 7) is 1.97. The molecule has 31 heavy (non-hydrogen) atoms. The van der Waals surface area contributed by atoms with Gasteiger partial charge in [-0.05, 0) is 41.0 Å². The molecular formula is C26H21NO3S. The molecule has 0 unspecified atom stereocenters. The van der Waals surface area contributed by atoms with Gasteiger partial charge >= 0.3 is 10.3 Å². The third kappa shape index (κ3) is 3.84. The second kappa shape index (κ2) is 7.67. The Kier molecular flexibility index (Phi) is 4.83. The van der Waals surface area contributed by atoms with Crippen molar-refractivity contribution in [1.82, 2.24) is 0 Å². The molecule has 0 radical (unpaired) electrons. The molecule has 4 nitrogen and oxygen atoms in total. The lowest BCUT2D eigenvalue weighted by Gasteiger charge is -2.24. The van der Waals surface area contributed by atoms with Gasteiger partial charge in [0, 0.05) is 17.9 Å². The fourth-order valence-corrected chi connectivity index (χ4v) is 5.10. The van der Waals surface area contributed by atoms with E-state index in [4.69, 9.17) is 4.18 Å². The Labute approximate surface area is 182 Å². The molecule has 1 heterocycles. The van der Waals surface area contributed by atoms with Gasteiger partial charge in [0.1, 0.15) is 0 Å². The van der Waals surface area contributed by atoms with Crippen LogP contribution >= 0.6 is 0 Å². The molecule has 0 N–H and O–H groups in total. The Bertz CT molecular complexity index is 1400. The van der Waals surface area contributed by atoms with E-state index in [1.165, 1.54) is 0 Å². The number of rotatable bonds is 4. The van der Waals surface area contributed by atoms with Crippen LogP contribution in [0, 0.1) is 6.92 Å². The van der Waals surface area contributed by atoms with Crippen molar-refractivity contribution in [1.29, 1.82) is 0 Å². The maximum Gasteiger partial charge on any atom is 0.428 e. The van der Waals surface area contributed by atoms with E-state index >= 15 is 0 Å². The zero-order chi connectivity index (χ0) is 21.4. The fraction of sp³-hybridized carbons (Fsp3) is 0.115. The van der Waals surface area contributed by atoms with Crippen molar-refractivity contribution in [3.05, 3.63) is 113 Å². The Morgan fingerprint density at radius 3 is 2.45 bits per heavy atom. The molecule has 0 saturated carbocycles. The average molecular weight is 428 g/mol. The lowest BCUT2D eigenvalue weighted by Crippen LogP contribution is -2.21. The monoisotopic (exact) mass is 427 g/mol. The Morgan fingerprint density at radius 1 is 0.871 bits per heavy atom. The van der Waals surface area contributed by atoms with Crippen LogP contribution in [0.25, 0.3) is 10.8 Å². The Hall–Kier alpha value is -3.44. The highest BCUT2D eigenvalue weighted by atomic mass is 32.2. The predicted molar refractivity (Wildman–Crippen MR) is 124 cm³/mol. The summed E-state index contributed by atoms with van der Waals surface area (Å²) in [5.74, 6) is 0.271. The number of fused-ring (bicyclic) bond motifs is 2. The van der Waals surface area contributed by atoms with E-state index in [1.54, 1.807) is 6.07 Å². The van der Waals surface area contributed by atoms with E-state index in [1.807, 2.05) is 55.5 Å². The first-order chi connectivity index (χ1) is 15.0. The topological polar surface area (TPSA) is 55.7 Å². The van der Waals surface area contributed by atoms with Crippen molar-refractivity contribution < 1.29 is 12.6 Å². The van der Waals surface area contributed by atoms with Gasteiger partial charge in [-0.15, -0.1) is 4.40 Å². The molecule has 1 aliphatic rings. The van der Waals surface area contributed by atoms with Gasteiger partial charge in [0.2, 0.25) is 0 Å². The first kappa shape index (κ1) is 19.5. The Balaban J connectivity index is 1.69. The number of benzene rings is 4. The van der Waals surface area contributed by atoms with E-state index in [-0.39, 0.29) is 5.92 Å². The first-order valence-corrected chi connectivity index (χ1v) is 11.5. The van der Waals surface area contributed by atoms with E-state index < -0.39 is 10.3 Å². The summed E-state index contributed by atoms with van der Waals surface area (Å²) in [5.41, 5.74) is 4.53. The molecule has 0 aliphatic carbocycles. The smallest absolute Gasteiger partial charge is 0.365 e. The number of hydrogen-bond acceptors (Lipinski definition) is 3. The summed E-state index contributed by atoms with van der Waals surface area (Å²) in [6, 6.07) is 30.2. The van der Waals surface area contributed by atoms with Crippen molar-refractivity contribution in [2.75, 3.05) is 0 Å². The summed E-state index contributed by atoms with van der Waals surface area (Å²) < 4.78 is 33.9. The van der Waals surface area contributed by atoms with E-state index in [9.17, 15) is 8.42 Å². The average Bonchev–Trinajstić information content (AvgIpc) is 2.77. The van der Waals surface area contributed by atoms with Crippen LogP contribution in [0.4, 0.5) is 0 Å². The van der Waals surface area contributed by atoms with Crippen LogP contribution in [0.2, 0.25) is 0 Å². The van der Waals surface area contributed by atoms with Gasteiger partial charge in [0.15, 0.2) is 5.75 Å². The summed E-state index contributed by atoms with van der Waals surface area (Å²) >= 11 is 0. The lowest BCUT2D eigenvalue weighted by molar-refractivity contribution is 0.484. The summed E-state index contributed by atoms with van der Waals surface area (Å²) in [6.07, 6.45) is 0.442. The van der Waals surface area contributed by atoms with Gasteiger partial charge in [-0.25, -0.2) is 0 Å². The molecule has 0 spiro atoms. The van der Waals surface area contributed by atoms with Gasteiger partial charge in [0.25, 0.3) is 0 Å². The van der Waals surface area contributed by atoms with Crippen molar-refractivity contribution in [2.24, 2.45) is 4.40 Å². The molecule has 0 aromatic heterocycles. The molecular weight excluding hydrogens is 406 g/mol. The molecule has 4 aromatic rings. The van der Waals surface area contributed by atoms with E-state index in [2.05, 4.69) is 40.8 Å². The fourth-order valence-electron chi connectivity index (χ4n) is 4.25. The molecule has 0 saturated heterocycles. The van der Waals surface area contributed by atoms with Crippen molar-refractivity contribution in [3.8, 4) is 5.75 Å². The molecule has 0 bridgehead atoms. The maximum atomic E-state index is 12.4. The third-order valence-electron chi connectivity index (χ3n) is 5.66. The van der Waals surface area contributed by atoms with E-state index in [0.29, 0.717) is 17.9 Å². The maximum absolute atomic E-state index is 12.4. The highest BCUT2D eigenvalue weighted by molar-refractivity contribution is 7.86. The SMILES string of the molecule is Cc1ccc2c(c1)C(C[C@H](c1ccccc1)c1cccc3ccccc13)=NS(=O)(=O)O2. The summed E-state index contributed by atoms with van der Waals surface area (Å²) in [5, 5.41) is 2.30. The van der Waals surface area contributed by atoms with Crippen molar-refractivity contribution in [2.45, 2.75) is 19.3 Å². The lowest BCUT2D eigenvalue weighted by atomic mass is 9.83. The van der Waals surface area contributed by atoms with Crippen LogP contribution in [-0.4, -0.2) is 14.1 Å². The summed E-state index contributed by atoms with van der Waals surface area (Å²) in [4.78, 5) is 0. The molecule has 4 aromatic carbocycles. The molecule has 1 aliphatic heterocycles. The largest absolute Gasteiger partial charge is 0.428 e. The minimum absolute atomic E-state index is 0.0623. The zero-order valence-corrected chi connectivity index (χ0v) is 17.8. The van der Waals surface area contributed by atoms with E-state index in [0.717, 1.165) is 33.0 Å². The van der Waals surface area contributed by atoms with Crippen LogP contribution in [0.3, 0.4) is 0 Å². The molecule has 154 valence electrons. The predicted octanol–water partition coefficient (Wildman–Crippen LogP) is 5.80. The summed E-state index contributed by atoms with van der Waals surface area (Å²) in [7, 11) is -4.02. The van der Waals surface area contributed by atoms with Gasteiger partial charge in [-0.1, -0.05) is 84.4 Å². The van der Waals surface area contributed by atoms with Crippen LogP contribution in [0.1, 0.15) is 34.6 Å². The number of hydrogen-bond donors (Lipinski definition) is 0. The van der Waals surface area contributed by atoms with Crippen LogP contribution in [0.15, 0.2) is 95.4 Å². The number of nitrogens with zero attached hydrogens (tertiary/aromatic N) is 1. The molecule has 0 amide bonds. The highest BCUT2D eigenvalue weighted by Gasteiger charge is 2.28. The quantitative estimate of drug-likeness (QED) is 0.414. The number of aryl methyl sites for hydroxylation is 1. The van der Waals surface area contributed by atoms with Crippen LogP contribution in [-0.2, 0) is 10.3 Å². The van der Waals surface area contributed by atoms with Gasteiger partial charge in [0.05, 0.1) is 5.71 Å². The van der Waals surface area contributed by atoms with Gasteiger partial charge in [-0.2, -0.15) is 8.42 Å². The minimum Gasteiger partial charge on any atom is -0.365 e. The third-order valence-corrected chi connectivity index (χ3v) is 6.50. The standard InChI is InChI=1S/C26H21NO3S/c1-18-14-15-26-24(16-18)25(27-31(28,29)30-26)17-23(20-8-3-2-4-9-20)22-13-7-11-19-10-5-6-12-21(19)22/h2-16,23H,17H2,1H3/t23-/m1/s1. The minimum atomic E-state index is -4.02. The Morgan fingerprint density at radius 2 is 1.61 bits per heavy atom. The molecule has 5 heteroatoms. The molecule has 5 rings (SSSR count). The second-order valence-electron chi connectivity index (χ2n) is 7.78. The van der Waals surface area contributed by atoms with Crippen LogP contribution in [0.5, 0.6) is 5.75 Å². The highest BCUT2D eigenvalue weighted by Crippen LogP contribution is 2.37. The molecule has 1 atom stereocenters. The zero-order valence-electron chi connectivity index (χ0n) is 17.0. The van der Waals surface area contributed by atoms with Crippen molar-refractivity contribution in [3.63, 3.8) is 0 Å². The normalized spacial score (nSPS) is 15.6. The van der Waals surface area contributed by atoms with Crippen LogP contribution < -0.4 is 4.18 Å². The van der Waals surface area contributed by atoms with Gasteiger partial charge in [-0.3, -0.25) is 0 Å². The second-order valence-corrected chi connectivity index (χ2v) is 8.99.